The minimum absolute atomic E-state index is 0.0573. The molecular weight excluding hydrogens is 349 g/mol. The number of hydrogen-bond donors (Lipinski definition) is 0. The topological polar surface area (TPSA) is 55.8 Å². The number of fused-ring (bicyclic) bond motifs is 1. The fraction of sp³-hybridized carbons (Fsp3) is 0.111. The molecule has 0 unspecified atom stereocenters. The Labute approximate surface area is 148 Å². The summed E-state index contributed by atoms with van der Waals surface area (Å²) >= 11 is 5.97. The molecule has 1 aliphatic heterocycles. The van der Waals surface area contributed by atoms with E-state index < -0.39 is 17.7 Å². The Hall–Kier alpha value is -2.86. The zero-order valence-electron chi connectivity index (χ0n) is 13.4. The fourth-order valence-corrected chi connectivity index (χ4v) is 2.42. The van der Waals surface area contributed by atoms with E-state index in [2.05, 4.69) is 0 Å². The Bertz CT molecular complexity index is 888. The standard InChI is InChI=1S/C18H13ClFNO4/c1-21(2)18(23)24-10-6-7-11-15(8-10)25-16(17(11)22)9-12-13(19)4-3-5-14(12)20/h3-9H,1-2H3. The number of ketones is 1. The second-order valence-electron chi connectivity index (χ2n) is 5.50. The molecule has 0 saturated carbocycles. The molecule has 0 aliphatic carbocycles. The van der Waals surface area contributed by atoms with Crippen LogP contribution < -0.4 is 9.47 Å². The molecule has 2 aromatic rings. The summed E-state index contributed by atoms with van der Waals surface area (Å²) in [5, 5.41) is 0.167. The number of carbonyl (C=O) groups is 2. The van der Waals surface area contributed by atoms with Gasteiger partial charge in [0, 0.05) is 25.7 Å². The molecule has 0 fully saturated rings. The van der Waals surface area contributed by atoms with E-state index in [1.54, 1.807) is 14.1 Å². The number of nitrogens with zero attached hydrogens (tertiary/aromatic N) is 1. The lowest BCUT2D eigenvalue weighted by atomic mass is 10.1. The normalized spacial score (nSPS) is 14.2. The van der Waals surface area contributed by atoms with E-state index >= 15 is 0 Å². The largest absolute Gasteiger partial charge is 0.452 e. The summed E-state index contributed by atoms with van der Waals surface area (Å²) in [6.45, 7) is 0. The van der Waals surface area contributed by atoms with Gasteiger partial charge in [-0.2, -0.15) is 0 Å². The molecule has 25 heavy (non-hydrogen) atoms. The first-order valence-corrected chi connectivity index (χ1v) is 7.66. The minimum atomic E-state index is -0.562. The fourth-order valence-electron chi connectivity index (χ4n) is 2.20. The molecule has 0 spiro atoms. The van der Waals surface area contributed by atoms with Crippen molar-refractivity contribution in [2.75, 3.05) is 14.1 Å². The van der Waals surface area contributed by atoms with Crippen LogP contribution in [0.5, 0.6) is 11.5 Å². The number of benzene rings is 2. The van der Waals surface area contributed by atoms with E-state index in [9.17, 15) is 14.0 Å². The van der Waals surface area contributed by atoms with Gasteiger partial charge in [-0.3, -0.25) is 4.79 Å². The predicted molar refractivity (Wildman–Crippen MR) is 90.5 cm³/mol. The molecule has 0 aromatic heterocycles. The van der Waals surface area contributed by atoms with Crippen LogP contribution in [0.2, 0.25) is 5.02 Å². The second-order valence-corrected chi connectivity index (χ2v) is 5.90. The zero-order valence-corrected chi connectivity index (χ0v) is 14.1. The van der Waals surface area contributed by atoms with Gasteiger partial charge >= 0.3 is 6.09 Å². The SMILES string of the molecule is CN(C)C(=O)Oc1ccc2c(c1)OC(=Cc1c(F)cccc1Cl)C2=O. The molecule has 0 saturated heterocycles. The second kappa shape index (κ2) is 6.57. The molecule has 7 heteroatoms. The van der Waals surface area contributed by atoms with Gasteiger partial charge in [0.25, 0.3) is 0 Å². The van der Waals surface area contributed by atoms with Gasteiger partial charge in [0.15, 0.2) is 5.76 Å². The summed E-state index contributed by atoms with van der Waals surface area (Å²) in [4.78, 5) is 25.2. The van der Waals surface area contributed by atoms with Crippen molar-refractivity contribution in [1.82, 2.24) is 4.90 Å². The molecule has 3 rings (SSSR count). The minimum Gasteiger partial charge on any atom is -0.452 e. The van der Waals surface area contributed by atoms with Crippen molar-refractivity contribution in [3.05, 3.63) is 64.1 Å². The third-order valence-electron chi connectivity index (χ3n) is 3.49. The lowest BCUT2D eigenvalue weighted by Gasteiger charge is -2.10. The summed E-state index contributed by atoms with van der Waals surface area (Å²) in [6.07, 6.45) is 0.698. The Morgan fingerprint density at radius 3 is 2.72 bits per heavy atom. The number of carbonyl (C=O) groups excluding carboxylic acids is 2. The van der Waals surface area contributed by atoms with Crippen LogP contribution in [-0.2, 0) is 0 Å². The van der Waals surface area contributed by atoms with Crippen molar-refractivity contribution in [3.63, 3.8) is 0 Å². The molecule has 1 amide bonds. The molecule has 2 aromatic carbocycles. The van der Waals surface area contributed by atoms with Gasteiger partial charge in [-0.25, -0.2) is 9.18 Å². The third kappa shape index (κ3) is 3.34. The van der Waals surface area contributed by atoms with E-state index in [4.69, 9.17) is 21.1 Å². The summed E-state index contributed by atoms with van der Waals surface area (Å²) in [5.41, 5.74) is 0.364. The lowest BCUT2D eigenvalue weighted by molar-refractivity contribution is 0.101. The third-order valence-corrected chi connectivity index (χ3v) is 3.82. The van der Waals surface area contributed by atoms with Gasteiger partial charge in [-0.15, -0.1) is 0 Å². The molecule has 1 heterocycles. The summed E-state index contributed by atoms with van der Waals surface area (Å²) in [5.74, 6) is -0.561. The highest BCUT2D eigenvalue weighted by atomic mass is 35.5. The number of halogens is 2. The molecule has 1 aliphatic rings. The van der Waals surface area contributed by atoms with Gasteiger partial charge in [-0.05, 0) is 30.3 Å². The van der Waals surface area contributed by atoms with Gasteiger partial charge in [0.2, 0.25) is 5.78 Å². The molecule has 0 N–H and O–H groups in total. The average Bonchev–Trinajstić information content (AvgIpc) is 2.86. The lowest BCUT2D eigenvalue weighted by Crippen LogP contribution is -2.25. The van der Waals surface area contributed by atoms with Crippen molar-refractivity contribution >= 4 is 29.6 Å². The molecule has 128 valence electrons. The zero-order chi connectivity index (χ0) is 18.1. The monoisotopic (exact) mass is 361 g/mol. The molecular formula is C18H13ClFNO4. The van der Waals surface area contributed by atoms with Gasteiger partial charge in [0.05, 0.1) is 10.6 Å². The van der Waals surface area contributed by atoms with Crippen LogP contribution in [0.1, 0.15) is 15.9 Å². The van der Waals surface area contributed by atoms with Crippen molar-refractivity contribution in [1.29, 1.82) is 0 Å². The van der Waals surface area contributed by atoms with E-state index in [1.165, 1.54) is 47.4 Å². The maximum Gasteiger partial charge on any atom is 0.414 e. The predicted octanol–water partition coefficient (Wildman–Crippen LogP) is 4.16. The van der Waals surface area contributed by atoms with E-state index in [0.717, 1.165) is 0 Å². The number of Topliss-reactive ketones (excluding diaryl/α,β-unsaturated/α-hetero) is 1. The van der Waals surface area contributed by atoms with Crippen molar-refractivity contribution in [2.24, 2.45) is 0 Å². The Kier molecular flexibility index (Phi) is 4.46. The van der Waals surface area contributed by atoms with E-state index in [-0.39, 0.29) is 27.8 Å². The van der Waals surface area contributed by atoms with Crippen LogP contribution in [0.15, 0.2) is 42.2 Å². The van der Waals surface area contributed by atoms with Gasteiger partial charge < -0.3 is 14.4 Å². The maximum absolute atomic E-state index is 13.9. The van der Waals surface area contributed by atoms with Crippen molar-refractivity contribution < 1.29 is 23.5 Å². The first-order valence-electron chi connectivity index (χ1n) is 7.28. The highest BCUT2D eigenvalue weighted by Crippen LogP contribution is 2.35. The maximum atomic E-state index is 13.9. The summed E-state index contributed by atoms with van der Waals surface area (Å²) in [6, 6.07) is 8.63. The van der Waals surface area contributed by atoms with Crippen molar-refractivity contribution in [2.45, 2.75) is 0 Å². The number of amides is 1. The Balaban J connectivity index is 1.91. The number of hydrogen-bond acceptors (Lipinski definition) is 4. The van der Waals surface area contributed by atoms with E-state index in [1.807, 2.05) is 0 Å². The molecule has 0 atom stereocenters. The quantitative estimate of drug-likeness (QED) is 0.754. The van der Waals surface area contributed by atoms with E-state index in [0.29, 0.717) is 5.56 Å². The van der Waals surface area contributed by atoms with Crippen LogP contribution in [0.25, 0.3) is 6.08 Å². The first kappa shape index (κ1) is 17.0. The van der Waals surface area contributed by atoms with Crippen molar-refractivity contribution in [3.8, 4) is 11.5 Å². The average molecular weight is 362 g/mol. The molecule has 5 nitrogen and oxygen atoms in total. The summed E-state index contributed by atoms with van der Waals surface area (Å²) < 4.78 is 24.5. The molecule has 0 bridgehead atoms. The smallest absolute Gasteiger partial charge is 0.414 e. The van der Waals surface area contributed by atoms with Crippen LogP contribution in [-0.4, -0.2) is 30.9 Å². The van der Waals surface area contributed by atoms with Crippen LogP contribution in [0, 0.1) is 5.82 Å². The molecule has 0 radical (unpaired) electrons. The first-order chi connectivity index (χ1) is 11.9. The van der Waals surface area contributed by atoms with Crippen LogP contribution in [0.3, 0.4) is 0 Å². The summed E-state index contributed by atoms with van der Waals surface area (Å²) in [7, 11) is 3.10. The highest BCUT2D eigenvalue weighted by molar-refractivity contribution is 6.32. The number of rotatable bonds is 2. The van der Waals surface area contributed by atoms with Gasteiger partial charge in [-0.1, -0.05) is 17.7 Å². The Morgan fingerprint density at radius 1 is 1.28 bits per heavy atom. The van der Waals surface area contributed by atoms with Gasteiger partial charge in [0.1, 0.15) is 17.3 Å². The highest BCUT2D eigenvalue weighted by Gasteiger charge is 2.28. The van der Waals surface area contributed by atoms with Crippen LogP contribution in [0.4, 0.5) is 9.18 Å². The number of ether oxygens (including phenoxy) is 2. The number of allylic oxidation sites excluding steroid dienone is 1. The Morgan fingerprint density at radius 2 is 2.04 bits per heavy atom. The van der Waals surface area contributed by atoms with Crippen LogP contribution >= 0.6 is 11.6 Å².